The van der Waals surface area contributed by atoms with Crippen LogP contribution in [0.25, 0.3) is 0 Å². The first kappa shape index (κ1) is 24.0. The molecule has 7 heteroatoms. The van der Waals surface area contributed by atoms with Gasteiger partial charge in [0.15, 0.2) is 0 Å². The predicted molar refractivity (Wildman–Crippen MR) is 40.2 cm³/mol. The van der Waals surface area contributed by atoms with E-state index in [1.54, 1.807) is 0 Å². The molecule has 0 spiro atoms. The maximum atomic E-state index is 8.52. The Kier molecular flexibility index (Phi) is 29.7. The third-order valence-electron chi connectivity index (χ3n) is 0.762. The van der Waals surface area contributed by atoms with Crippen molar-refractivity contribution in [2.75, 3.05) is 0 Å². The van der Waals surface area contributed by atoms with E-state index in [-0.39, 0.29) is 59.1 Å². The molecule has 0 amide bonds. The molecule has 0 saturated carbocycles. The van der Waals surface area contributed by atoms with Crippen LogP contribution in [0.15, 0.2) is 12.7 Å². The quantitative estimate of drug-likeness (QED) is 0.159. The van der Waals surface area contributed by atoms with Crippen LogP contribution in [0.1, 0.15) is 26.2 Å². The molecule has 0 aromatic carbocycles. The van der Waals surface area contributed by atoms with Gasteiger partial charge in [-0.2, -0.15) is 0 Å². The summed E-state index contributed by atoms with van der Waals surface area (Å²) in [5, 5.41) is 0. The number of rotatable bonds is 3. The molecular weight excluding hydrogens is 214 g/mol. The van der Waals surface area contributed by atoms with Crippen LogP contribution >= 0.6 is 0 Å². The van der Waals surface area contributed by atoms with Crippen molar-refractivity contribution in [2.24, 2.45) is 0 Å². The van der Waals surface area contributed by atoms with Gasteiger partial charge in [0, 0.05) is 10.4 Å². The van der Waals surface area contributed by atoms with Crippen LogP contribution in [0, 0.1) is 0 Å². The molecule has 0 atom stereocenters. The fourth-order valence-electron chi connectivity index (χ4n) is 0.348. The second kappa shape index (κ2) is 16.1. The molecule has 0 aliphatic heterocycles. The summed E-state index contributed by atoms with van der Waals surface area (Å²) in [6.45, 7) is 5.78. The molecule has 4 nitrogen and oxygen atoms in total. The van der Waals surface area contributed by atoms with Gasteiger partial charge < -0.3 is 9.11 Å². The van der Waals surface area contributed by atoms with E-state index in [0.29, 0.717) is 0 Å². The van der Waals surface area contributed by atoms with Gasteiger partial charge in [0.25, 0.3) is 0 Å². The van der Waals surface area contributed by atoms with Crippen LogP contribution in [0.3, 0.4) is 0 Å². The second-order valence-corrected chi connectivity index (χ2v) is 2.66. The molecule has 0 heterocycles. The Balaban J connectivity index is -0.0000000546. The van der Waals surface area contributed by atoms with E-state index in [1.165, 1.54) is 19.3 Å². The van der Waals surface area contributed by atoms with E-state index in [1.807, 2.05) is 6.08 Å². The van der Waals surface area contributed by atoms with Gasteiger partial charge in [0.1, 0.15) is 0 Å². The van der Waals surface area contributed by atoms with Gasteiger partial charge in [-0.3, -0.25) is 8.42 Å². The largest absolute Gasteiger partial charge is 1.00 e. The summed E-state index contributed by atoms with van der Waals surface area (Å²) in [4.78, 5) is 0. The molecule has 0 aromatic heterocycles. The first-order valence-corrected chi connectivity index (χ1v) is 4.52. The smallest absolute Gasteiger partial charge is 0.759 e. The fraction of sp³-hybridized carbons (Fsp3) is 0.667. The van der Waals surface area contributed by atoms with Crippen LogP contribution in [-0.4, -0.2) is 17.5 Å². The molecule has 0 bridgehead atoms. The SMILES string of the molecule is C=CCCCC.O=S(=O)([O-])[O-].[Na+].[Na+]. The van der Waals surface area contributed by atoms with Gasteiger partial charge in [-0.05, 0) is 6.42 Å². The Bertz CT molecular complexity index is 171. The molecular formula is C6H12Na2O4S. The minimum Gasteiger partial charge on any atom is -0.759 e. The monoisotopic (exact) mass is 226 g/mol. The standard InChI is InChI=1S/C6H12.2Na.H2O4S/c1-3-5-6-4-2;;;1-5(2,3)4/h3H,1,4-6H2,2H3;;;(H2,1,2,3,4)/q;2*+1;/p-2. The number of unbranched alkanes of at least 4 members (excludes halogenated alkanes) is 2. The first-order valence-electron chi connectivity index (χ1n) is 3.19. The molecule has 0 aliphatic carbocycles. The summed E-state index contributed by atoms with van der Waals surface area (Å²) in [6, 6.07) is 0. The average Bonchev–Trinajstić information content (AvgIpc) is 1.79. The minimum absolute atomic E-state index is 0. The zero-order valence-electron chi connectivity index (χ0n) is 8.45. The van der Waals surface area contributed by atoms with Crippen molar-refractivity contribution in [3.05, 3.63) is 12.7 Å². The second-order valence-electron chi connectivity index (χ2n) is 1.84. The zero-order chi connectivity index (χ0) is 9.33. The summed E-state index contributed by atoms with van der Waals surface area (Å²) in [5.41, 5.74) is 0. The molecule has 0 unspecified atom stereocenters. The fourth-order valence-corrected chi connectivity index (χ4v) is 0.348. The first-order chi connectivity index (χ1) is 4.91. The van der Waals surface area contributed by atoms with Crippen LogP contribution in [0.5, 0.6) is 0 Å². The molecule has 0 aromatic rings. The van der Waals surface area contributed by atoms with Gasteiger partial charge in [0.2, 0.25) is 0 Å². The Morgan fingerprint density at radius 1 is 1.31 bits per heavy atom. The molecule has 68 valence electrons. The van der Waals surface area contributed by atoms with Crippen molar-refractivity contribution in [2.45, 2.75) is 26.2 Å². The molecule has 0 aliphatic rings. The van der Waals surface area contributed by atoms with Crippen LogP contribution < -0.4 is 59.1 Å². The zero-order valence-corrected chi connectivity index (χ0v) is 13.3. The van der Waals surface area contributed by atoms with Crippen LogP contribution in [0.4, 0.5) is 0 Å². The van der Waals surface area contributed by atoms with E-state index in [4.69, 9.17) is 17.5 Å². The van der Waals surface area contributed by atoms with Gasteiger partial charge in [0.05, 0.1) is 0 Å². The summed E-state index contributed by atoms with van der Waals surface area (Å²) in [6.07, 6.45) is 5.72. The van der Waals surface area contributed by atoms with Crippen LogP contribution in [0.2, 0.25) is 0 Å². The van der Waals surface area contributed by atoms with Crippen molar-refractivity contribution in [1.82, 2.24) is 0 Å². The van der Waals surface area contributed by atoms with Gasteiger partial charge in [-0.1, -0.05) is 25.8 Å². The summed E-state index contributed by atoms with van der Waals surface area (Å²) in [5.74, 6) is 0. The molecule has 13 heavy (non-hydrogen) atoms. The molecule has 0 radical (unpaired) electrons. The van der Waals surface area contributed by atoms with Crippen molar-refractivity contribution in [3.63, 3.8) is 0 Å². The Hall–Kier alpha value is 1.61. The van der Waals surface area contributed by atoms with E-state index in [2.05, 4.69) is 13.5 Å². The van der Waals surface area contributed by atoms with Gasteiger partial charge in [-0.25, -0.2) is 0 Å². The van der Waals surface area contributed by atoms with Crippen molar-refractivity contribution >= 4 is 10.4 Å². The van der Waals surface area contributed by atoms with Crippen molar-refractivity contribution in [3.8, 4) is 0 Å². The maximum absolute atomic E-state index is 8.52. The summed E-state index contributed by atoms with van der Waals surface area (Å²) < 4.78 is 34.1. The third-order valence-corrected chi connectivity index (χ3v) is 0.762. The third kappa shape index (κ3) is 86.3. The van der Waals surface area contributed by atoms with E-state index in [0.717, 1.165) is 0 Å². The summed E-state index contributed by atoms with van der Waals surface area (Å²) in [7, 11) is -5.17. The maximum Gasteiger partial charge on any atom is 1.00 e. The number of allylic oxidation sites excluding steroid dienone is 1. The number of hydrogen-bond donors (Lipinski definition) is 0. The minimum atomic E-state index is -5.17. The normalized spacial score (nSPS) is 8.23. The molecule has 0 saturated heterocycles. The van der Waals surface area contributed by atoms with E-state index in [9.17, 15) is 0 Å². The average molecular weight is 226 g/mol. The van der Waals surface area contributed by atoms with Crippen molar-refractivity contribution in [1.29, 1.82) is 0 Å². The van der Waals surface area contributed by atoms with Gasteiger partial charge in [-0.15, -0.1) is 6.58 Å². The summed E-state index contributed by atoms with van der Waals surface area (Å²) >= 11 is 0. The number of hydrogen-bond acceptors (Lipinski definition) is 4. The molecule has 0 fully saturated rings. The van der Waals surface area contributed by atoms with Gasteiger partial charge >= 0.3 is 59.1 Å². The van der Waals surface area contributed by atoms with E-state index < -0.39 is 10.4 Å². The Labute approximate surface area is 124 Å². The molecule has 0 rings (SSSR count). The Morgan fingerprint density at radius 2 is 1.62 bits per heavy atom. The van der Waals surface area contributed by atoms with Crippen LogP contribution in [-0.2, 0) is 10.4 Å². The van der Waals surface area contributed by atoms with E-state index >= 15 is 0 Å². The Morgan fingerprint density at radius 3 is 1.69 bits per heavy atom. The topological polar surface area (TPSA) is 80.3 Å². The van der Waals surface area contributed by atoms with Crippen molar-refractivity contribution < 1.29 is 76.6 Å². The molecule has 0 N–H and O–H groups in total. The predicted octanol–water partition coefficient (Wildman–Crippen LogP) is -4.97.